The minimum Gasteiger partial charge on any atom is -0.367 e. The van der Waals surface area contributed by atoms with Gasteiger partial charge in [0.25, 0.3) is 6.43 Å². The molecule has 4 atom stereocenters. The van der Waals surface area contributed by atoms with Crippen molar-refractivity contribution in [1.29, 1.82) is 0 Å². The van der Waals surface area contributed by atoms with Gasteiger partial charge in [-0.3, -0.25) is 9.69 Å². The number of carbonyl (C=O) groups excluding carboxylic acids is 1. The van der Waals surface area contributed by atoms with Gasteiger partial charge in [0.05, 0.1) is 12.2 Å². The molecule has 0 saturated carbocycles. The molecule has 1 amide bonds. The minimum absolute atomic E-state index is 0.0526. The maximum absolute atomic E-state index is 13.7. The lowest BCUT2D eigenvalue weighted by atomic mass is 9.86. The van der Waals surface area contributed by atoms with E-state index in [0.29, 0.717) is 31.2 Å². The first-order valence-electron chi connectivity index (χ1n) is 11.0. The Morgan fingerprint density at radius 2 is 2.07 bits per heavy atom. The van der Waals surface area contributed by atoms with Crippen molar-refractivity contribution in [2.75, 3.05) is 38.0 Å². The Morgan fingerprint density at radius 1 is 1.28 bits per heavy atom. The van der Waals surface area contributed by atoms with Gasteiger partial charge in [0, 0.05) is 31.7 Å². The summed E-state index contributed by atoms with van der Waals surface area (Å²) in [5, 5.41) is 7.69. The molecule has 29 heavy (non-hydrogen) atoms. The van der Waals surface area contributed by atoms with E-state index in [-0.39, 0.29) is 17.9 Å². The van der Waals surface area contributed by atoms with Gasteiger partial charge in [0.1, 0.15) is 11.9 Å². The standard InChI is InChI=1S/C21H33F2N5O/c1-14-5-3-7-26(11-14)13-20(29)27-8-4-6-16(12-27)17-10-18(21(22)23)28-19(24-17)9-15(2)25-28/h9,14,16-18,21,24H,3-8,10-13H2,1-2H3/t14?,16?,17-,18+/m0/s1. The highest BCUT2D eigenvalue weighted by atomic mass is 19.3. The first-order chi connectivity index (χ1) is 13.9. The van der Waals surface area contributed by atoms with Crippen LogP contribution in [0.2, 0.25) is 0 Å². The van der Waals surface area contributed by atoms with Crippen LogP contribution < -0.4 is 5.32 Å². The molecule has 0 spiro atoms. The van der Waals surface area contributed by atoms with Crippen LogP contribution in [0.3, 0.4) is 0 Å². The van der Waals surface area contributed by atoms with Crippen LogP contribution in [0.15, 0.2) is 6.07 Å². The zero-order valence-corrected chi connectivity index (χ0v) is 17.5. The van der Waals surface area contributed by atoms with E-state index in [1.165, 1.54) is 11.1 Å². The van der Waals surface area contributed by atoms with Crippen LogP contribution in [-0.4, -0.2) is 70.7 Å². The first kappa shape index (κ1) is 20.6. The second-order valence-corrected chi connectivity index (χ2v) is 9.23. The van der Waals surface area contributed by atoms with Gasteiger partial charge in [0.2, 0.25) is 5.91 Å². The van der Waals surface area contributed by atoms with E-state index in [2.05, 4.69) is 22.2 Å². The van der Waals surface area contributed by atoms with Gasteiger partial charge in [-0.25, -0.2) is 13.5 Å². The van der Waals surface area contributed by atoms with Crippen molar-refractivity contribution >= 4 is 11.7 Å². The number of carbonyl (C=O) groups is 1. The van der Waals surface area contributed by atoms with Crippen LogP contribution in [0.5, 0.6) is 0 Å². The molecule has 162 valence electrons. The lowest BCUT2D eigenvalue weighted by Gasteiger charge is -2.41. The van der Waals surface area contributed by atoms with Gasteiger partial charge in [0.15, 0.2) is 0 Å². The Morgan fingerprint density at radius 3 is 2.83 bits per heavy atom. The number of piperidine rings is 2. The fourth-order valence-electron chi connectivity index (χ4n) is 5.29. The maximum atomic E-state index is 13.7. The van der Waals surface area contributed by atoms with Crippen LogP contribution in [0.25, 0.3) is 0 Å². The monoisotopic (exact) mass is 409 g/mol. The summed E-state index contributed by atoms with van der Waals surface area (Å²) in [5.41, 5.74) is 0.745. The van der Waals surface area contributed by atoms with Crippen molar-refractivity contribution in [1.82, 2.24) is 19.6 Å². The summed E-state index contributed by atoms with van der Waals surface area (Å²) >= 11 is 0. The second kappa shape index (κ2) is 8.58. The van der Waals surface area contributed by atoms with Gasteiger partial charge < -0.3 is 10.2 Å². The summed E-state index contributed by atoms with van der Waals surface area (Å²) in [7, 11) is 0. The maximum Gasteiger partial charge on any atom is 0.260 e. The molecule has 1 aromatic rings. The third-order valence-electron chi connectivity index (χ3n) is 6.77. The van der Waals surface area contributed by atoms with Crippen molar-refractivity contribution in [2.24, 2.45) is 11.8 Å². The third-order valence-corrected chi connectivity index (χ3v) is 6.77. The van der Waals surface area contributed by atoms with Crippen LogP contribution >= 0.6 is 0 Å². The highest BCUT2D eigenvalue weighted by Gasteiger charge is 2.38. The van der Waals surface area contributed by atoms with Crippen molar-refractivity contribution < 1.29 is 13.6 Å². The highest BCUT2D eigenvalue weighted by Crippen LogP contribution is 2.36. The van der Waals surface area contributed by atoms with Crippen molar-refractivity contribution in [3.63, 3.8) is 0 Å². The molecule has 3 aliphatic rings. The number of anilines is 1. The van der Waals surface area contributed by atoms with E-state index in [1.807, 2.05) is 17.9 Å². The Labute approximate surface area is 171 Å². The molecular formula is C21H33F2N5O. The SMILES string of the molecule is Cc1cc2n(n1)[C@@H](C(F)F)C[C@@H](C1CCCN(C(=O)CN3CCCC(C)C3)C1)N2. The van der Waals surface area contributed by atoms with E-state index >= 15 is 0 Å². The molecule has 2 unspecified atom stereocenters. The number of nitrogens with zero attached hydrogens (tertiary/aromatic N) is 4. The molecule has 3 aliphatic heterocycles. The number of nitrogens with one attached hydrogen (secondary N) is 1. The average Bonchev–Trinajstić information content (AvgIpc) is 3.07. The zero-order valence-electron chi connectivity index (χ0n) is 17.5. The Bertz CT molecular complexity index is 724. The molecule has 6 nitrogen and oxygen atoms in total. The van der Waals surface area contributed by atoms with Crippen molar-refractivity contribution in [3.05, 3.63) is 11.8 Å². The number of hydrogen-bond donors (Lipinski definition) is 1. The number of hydrogen-bond acceptors (Lipinski definition) is 4. The molecule has 1 N–H and O–H groups in total. The minimum atomic E-state index is -2.44. The third kappa shape index (κ3) is 4.57. The number of alkyl halides is 2. The van der Waals surface area contributed by atoms with E-state index in [9.17, 15) is 13.6 Å². The summed E-state index contributed by atoms with van der Waals surface area (Å²) in [6, 6.07) is 0.888. The van der Waals surface area contributed by atoms with Crippen LogP contribution in [0.1, 0.15) is 50.8 Å². The normalized spacial score (nSPS) is 30.9. The number of aromatic nitrogens is 2. The lowest BCUT2D eigenvalue weighted by molar-refractivity contribution is -0.134. The van der Waals surface area contributed by atoms with Crippen molar-refractivity contribution in [3.8, 4) is 0 Å². The average molecular weight is 410 g/mol. The van der Waals surface area contributed by atoms with Gasteiger partial charge in [-0.15, -0.1) is 0 Å². The quantitative estimate of drug-likeness (QED) is 0.830. The molecule has 0 bridgehead atoms. The molecule has 0 aliphatic carbocycles. The highest BCUT2D eigenvalue weighted by molar-refractivity contribution is 5.78. The lowest BCUT2D eigenvalue weighted by Crippen LogP contribution is -2.51. The molecule has 4 rings (SSSR count). The van der Waals surface area contributed by atoms with Crippen molar-refractivity contribution in [2.45, 2.75) is 64.5 Å². The Kier molecular flexibility index (Phi) is 6.08. The molecular weight excluding hydrogens is 376 g/mol. The number of rotatable bonds is 4. The van der Waals surface area contributed by atoms with Gasteiger partial charge in [-0.2, -0.15) is 5.10 Å². The molecule has 0 aromatic carbocycles. The summed E-state index contributed by atoms with van der Waals surface area (Å²) in [5.74, 6) is 1.70. The summed E-state index contributed by atoms with van der Waals surface area (Å²) in [6.07, 6.45) is 2.20. The Balaban J connectivity index is 1.40. The van der Waals surface area contributed by atoms with Crippen LogP contribution in [-0.2, 0) is 4.79 Å². The van der Waals surface area contributed by atoms with E-state index in [4.69, 9.17) is 0 Å². The van der Waals surface area contributed by atoms with Crippen LogP contribution in [0.4, 0.5) is 14.6 Å². The molecule has 4 heterocycles. The summed E-state index contributed by atoms with van der Waals surface area (Å²) in [4.78, 5) is 17.1. The molecule has 8 heteroatoms. The van der Waals surface area contributed by atoms with Gasteiger partial charge in [-0.05, 0) is 57.4 Å². The van der Waals surface area contributed by atoms with Crippen LogP contribution in [0, 0.1) is 18.8 Å². The molecule has 2 saturated heterocycles. The second-order valence-electron chi connectivity index (χ2n) is 9.23. The zero-order chi connectivity index (χ0) is 20.5. The number of halogens is 2. The smallest absolute Gasteiger partial charge is 0.260 e. The summed E-state index contributed by atoms with van der Waals surface area (Å²) < 4.78 is 28.8. The molecule has 0 radical (unpaired) electrons. The fourth-order valence-corrected chi connectivity index (χ4v) is 5.29. The topological polar surface area (TPSA) is 53.4 Å². The van der Waals surface area contributed by atoms with E-state index in [1.54, 1.807) is 0 Å². The number of aryl methyl sites for hydroxylation is 1. The predicted molar refractivity (Wildman–Crippen MR) is 108 cm³/mol. The first-order valence-corrected chi connectivity index (χ1v) is 11.0. The number of likely N-dealkylation sites (tertiary alicyclic amines) is 2. The van der Waals surface area contributed by atoms with Gasteiger partial charge in [-0.1, -0.05) is 6.92 Å². The van der Waals surface area contributed by atoms with E-state index < -0.39 is 12.5 Å². The number of amides is 1. The predicted octanol–water partition coefficient (Wildman–Crippen LogP) is 3.15. The Hall–Kier alpha value is -1.70. The van der Waals surface area contributed by atoms with Gasteiger partial charge >= 0.3 is 0 Å². The van der Waals surface area contributed by atoms with E-state index in [0.717, 1.165) is 44.6 Å². The summed E-state index contributed by atoms with van der Waals surface area (Å²) in [6.45, 7) is 7.98. The molecule has 2 fully saturated rings. The number of fused-ring (bicyclic) bond motifs is 1. The molecule has 1 aromatic heterocycles. The largest absolute Gasteiger partial charge is 0.367 e. The fraction of sp³-hybridized carbons (Fsp3) is 0.810.